The zero-order valence-corrected chi connectivity index (χ0v) is 16.5. The van der Waals surface area contributed by atoms with E-state index in [2.05, 4.69) is 4.90 Å². The molecule has 0 unspecified atom stereocenters. The van der Waals surface area contributed by atoms with Crippen LogP contribution in [-0.4, -0.2) is 81.9 Å². The fourth-order valence-electron chi connectivity index (χ4n) is 3.64. The first-order valence-corrected chi connectivity index (χ1v) is 10.6. The normalized spacial score (nSPS) is 22.6. The Balaban J connectivity index is 1.77. The van der Waals surface area contributed by atoms with Gasteiger partial charge in [0.1, 0.15) is 16.5 Å². The van der Waals surface area contributed by atoms with Crippen LogP contribution in [0.4, 0.5) is 4.39 Å². The number of sulfonamides is 1. The zero-order valence-electron chi connectivity index (χ0n) is 15.7. The Morgan fingerprint density at radius 3 is 2.56 bits per heavy atom. The third-order valence-corrected chi connectivity index (χ3v) is 7.18. The van der Waals surface area contributed by atoms with Crippen LogP contribution in [0.5, 0.6) is 5.75 Å². The van der Waals surface area contributed by atoms with Gasteiger partial charge in [0.05, 0.1) is 13.0 Å². The van der Waals surface area contributed by atoms with Crippen LogP contribution in [0.2, 0.25) is 0 Å². The number of carbonyl (C=O) groups is 1. The Morgan fingerprint density at radius 2 is 1.89 bits per heavy atom. The first-order chi connectivity index (χ1) is 12.8. The summed E-state index contributed by atoms with van der Waals surface area (Å²) in [4.78, 5) is 16.6. The number of benzene rings is 1. The minimum absolute atomic E-state index is 0.00853. The van der Waals surface area contributed by atoms with E-state index in [1.165, 1.54) is 17.5 Å². The highest BCUT2D eigenvalue weighted by molar-refractivity contribution is 7.89. The number of piperidine rings is 1. The molecule has 0 saturated carbocycles. The number of piperazine rings is 1. The highest BCUT2D eigenvalue weighted by atomic mass is 32.2. The summed E-state index contributed by atoms with van der Waals surface area (Å²) < 4.78 is 46.2. The summed E-state index contributed by atoms with van der Waals surface area (Å²) in [5.41, 5.74) is 0. The molecule has 7 nitrogen and oxygen atoms in total. The summed E-state index contributed by atoms with van der Waals surface area (Å²) in [6.07, 6.45) is 1.26. The van der Waals surface area contributed by atoms with Crippen molar-refractivity contribution >= 4 is 15.9 Å². The minimum Gasteiger partial charge on any atom is -0.495 e. The standard InChI is InChI=1S/C18H26FN3O4S/c1-20-8-10-21(11-9-20)18(23)14-4-3-7-22(13-14)27(24,25)17-12-15(19)5-6-16(17)26-2/h5-6,12,14H,3-4,7-11,13H2,1-2H3/t14-/m1/s1. The molecule has 2 aliphatic heterocycles. The molecule has 1 aromatic carbocycles. The fourth-order valence-corrected chi connectivity index (χ4v) is 5.33. The van der Waals surface area contributed by atoms with Crippen LogP contribution in [-0.2, 0) is 14.8 Å². The molecule has 9 heteroatoms. The first kappa shape index (κ1) is 20.0. The number of amides is 1. The van der Waals surface area contributed by atoms with Crippen LogP contribution >= 0.6 is 0 Å². The summed E-state index contributed by atoms with van der Waals surface area (Å²) in [6.45, 7) is 3.40. The molecule has 3 rings (SSSR count). The van der Waals surface area contributed by atoms with Gasteiger partial charge in [0, 0.05) is 39.3 Å². The molecule has 0 aliphatic carbocycles. The third kappa shape index (κ3) is 4.25. The van der Waals surface area contributed by atoms with Crippen molar-refractivity contribution in [2.24, 2.45) is 5.92 Å². The van der Waals surface area contributed by atoms with Gasteiger partial charge in [-0.25, -0.2) is 12.8 Å². The van der Waals surface area contributed by atoms with E-state index in [1.54, 1.807) is 0 Å². The Bertz CT molecular complexity index is 794. The molecule has 27 heavy (non-hydrogen) atoms. The molecule has 2 aliphatic rings. The number of likely N-dealkylation sites (N-methyl/N-ethyl adjacent to an activating group) is 1. The van der Waals surface area contributed by atoms with E-state index >= 15 is 0 Å². The maximum atomic E-state index is 13.7. The molecule has 1 amide bonds. The zero-order chi connectivity index (χ0) is 19.6. The average Bonchev–Trinajstić information content (AvgIpc) is 2.68. The smallest absolute Gasteiger partial charge is 0.246 e. The third-order valence-electron chi connectivity index (χ3n) is 5.29. The molecular weight excluding hydrogens is 373 g/mol. The molecule has 0 radical (unpaired) electrons. The molecule has 0 spiro atoms. The molecule has 2 fully saturated rings. The predicted octanol–water partition coefficient (Wildman–Crippen LogP) is 1.01. The molecule has 1 atom stereocenters. The average molecular weight is 399 g/mol. The van der Waals surface area contributed by atoms with Crippen molar-refractivity contribution < 1.29 is 22.3 Å². The van der Waals surface area contributed by atoms with Crippen molar-refractivity contribution in [1.82, 2.24) is 14.1 Å². The van der Waals surface area contributed by atoms with Crippen molar-refractivity contribution in [3.05, 3.63) is 24.0 Å². The van der Waals surface area contributed by atoms with E-state index in [1.807, 2.05) is 11.9 Å². The largest absolute Gasteiger partial charge is 0.495 e. The molecule has 0 bridgehead atoms. The lowest BCUT2D eigenvalue weighted by atomic mass is 9.98. The second-order valence-electron chi connectivity index (χ2n) is 7.13. The van der Waals surface area contributed by atoms with Crippen LogP contribution in [0.1, 0.15) is 12.8 Å². The van der Waals surface area contributed by atoms with Crippen LogP contribution in [0, 0.1) is 11.7 Å². The number of rotatable bonds is 4. The lowest BCUT2D eigenvalue weighted by Crippen LogP contribution is -2.52. The lowest BCUT2D eigenvalue weighted by molar-refractivity contribution is -0.138. The van der Waals surface area contributed by atoms with Crippen LogP contribution in [0.15, 0.2) is 23.1 Å². The summed E-state index contributed by atoms with van der Waals surface area (Å²) >= 11 is 0. The van der Waals surface area contributed by atoms with E-state index < -0.39 is 15.8 Å². The topological polar surface area (TPSA) is 70.2 Å². The van der Waals surface area contributed by atoms with Gasteiger partial charge >= 0.3 is 0 Å². The highest BCUT2D eigenvalue weighted by Gasteiger charge is 2.36. The van der Waals surface area contributed by atoms with Gasteiger partial charge < -0.3 is 14.5 Å². The van der Waals surface area contributed by atoms with E-state index in [0.717, 1.165) is 25.2 Å². The number of ether oxygens (including phenoxy) is 1. The Morgan fingerprint density at radius 1 is 1.19 bits per heavy atom. The van der Waals surface area contributed by atoms with Crippen molar-refractivity contribution in [2.75, 3.05) is 53.4 Å². The number of hydrogen-bond donors (Lipinski definition) is 0. The molecule has 0 N–H and O–H groups in total. The molecule has 2 saturated heterocycles. The van der Waals surface area contributed by atoms with Crippen molar-refractivity contribution in [2.45, 2.75) is 17.7 Å². The summed E-state index contributed by atoms with van der Waals surface area (Å²) in [5, 5.41) is 0. The van der Waals surface area contributed by atoms with Gasteiger partial charge in [0.15, 0.2) is 0 Å². The molecule has 2 heterocycles. The SMILES string of the molecule is COc1ccc(F)cc1S(=O)(=O)N1CCC[C@@H](C(=O)N2CCN(C)CC2)C1. The number of halogens is 1. The van der Waals surface area contributed by atoms with Crippen molar-refractivity contribution in [3.8, 4) is 5.75 Å². The lowest BCUT2D eigenvalue weighted by Gasteiger charge is -2.37. The van der Waals surface area contributed by atoms with Gasteiger partial charge in [0.25, 0.3) is 0 Å². The second-order valence-corrected chi connectivity index (χ2v) is 9.03. The van der Waals surface area contributed by atoms with Crippen LogP contribution < -0.4 is 4.74 Å². The van der Waals surface area contributed by atoms with Crippen molar-refractivity contribution in [1.29, 1.82) is 0 Å². The number of methoxy groups -OCH3 is 1. The maximum Gasteiger partial charge on any atom is 0.246 e. The van der Waals surface area contributed by atoms with Crippen LogP contribution in [0.3, 0.4) is 0 Å². The van der Waals surface area contributed by atoms with E-state index in [0.29, 0.717) is 32.5 Å². The number of carbonyl (C=O) groups excluding carboxylic acids is 1. The Kier molecular flexibility index (Phi) is 6.02. The summed E-state index contributed by atoms with van der Waals surface area (Å²) in [7, 11) is -0.578. The first-order valence-electron chi connectivity index (χ1n) is 9.14. The van der Waals surface area contributed by atoms with Gasteiger partial charge in [-0.05, 0) is 38.1 Å². The second kappa shape index (κ2) is 8.12. The molecule has 0 aromatic heterocycles. The Hall–Kier alpha value is -1.71. The maximum absolute atomic E-state index is 13.7. The van der Waals surface area contributed by atoms with Crippen LogP contribution in [0.25, 0.3) is 0 Å². The summed E-state index contributed by atoms with van der Waals surface area (Å²) in [6, 6.07) is 3.44. The van der Waals surface area contributed by atoms with Gasteiger partial charge in [-0.2, -0.15) is 4.31 Å². The summed E-state index contributed by atoms with van der Waals surface area (Å²) in [5.74, 6) is -0.897. The monoisotopic (exact) mass is 399 g/mol. The molecule has 1 aromatic rings. The van der Waals surface area contributed by atoms with Gasteiger partial charge in [0.2, 0.25) is 15.9 Å². The van der Waals surface area contributed by atoms with Crippen molar-refractivity contribution in [3.63, 3.8) is 0 Å². The van der Waals surface area contributed by atoms with Gasteiger partial charge in [-0.3, -0.25) is 4.79 Å². The predicted molar refractivity (Wildman–Crippen MR) is 98.5 cm³/mol. The Labute approximate surface area is 159 Å². The van der Waals surface area contributed by atoms with E-state index in [4.69, 9.17) is 4.74 Å². The number of hydrogen-bond acceptors (Lipinski definition) is 5. The molecular formula is C18H26FN3O4S. The quantitative estimate of drug-likeness (QED) is 0.756. The van der Waals surface area contributed by atoms with Gasteiger partial charge in [-0.15, -0.1) is 0 Å². The highest BCUT2D eigenvalue weighted by Crippen LogP contribution is 2.31. The number of nitrogens with zero attached hydrogens (tertiary/aromatic N) is 3. The van der Waals surface area contributed by atoms with E-state index in [9.17, 15) is 17.6 Å². The van der Waals surface area contributed by atoms with E-state index in [-0.39, 0.29) is 29.0 Å². The molecule has 150 valence electrons. The fraction of sp³-hybridized carbons (Fsp3) is 0.611. The minimum atomic E-state index is -3.94. The van der Waals surface area contributed by atoms with Gasteiger partial charge in [-0.1, -0.05) is 0 Å².